The zero-order chi connectivity index (χ0) is 13.2. The minimum Gasteiger partial charge on any atom is -0.392 e. The molecule has 0 spiro atoms. The van der Waals surface area contributed by atoms with Crippen LogP contribution in [-0.4, -0.2) is 10.9 Å². The normalized spacial score (nSPS) is 11.1. The highest BCUT2D eigenvalue weighted by molar-refractivity contribution is 7.80. The number of benzene rings is 1. The summed E-state index contributed by atoms with van der Waals surface area (Å²) in [7, 11) is 0. The fourth-order valence-corrected chi connectivity index (χ4v) is 1.25. The number of halogens is 2. The second-order valence-corrected chi connectivity index (χ2v) is 4.94. The molecule has 0 atom stereocenters. The summed E-state index contributed by atoms with van der Waals surface area (Å²) in [5.74, 6) is -1.05. The number of thiocarbonyl (C=S) groups is 1. The highest BCUT2D eigenvalue weighted by Crippen LogP contribution is 2.23. The monoisotopic (exact) mass is 274 g/mol. The van der Waals surface area contributed by atoms with Crippen LogP contribution in [0.1, 0.15) is 13.8 Å². The van der Waals surface area contributed by atoms with E-state index in [-0.39, 0.29) is 10.7 Å². The van der Waals surface area contributed by atoms with E-state index in [4.69, 9.17) is 29.6 Å². The van der Waals surface area contributed by atoms with Gasteiger partial charge >= 0.3 is 0 Å². The van der Waals surface area contributed by atoms with Crippen molar-refractivity contribution in [2.75, 3.05) is 5.32 Å². The molecule has 0 bridgehead atoms. The molecular weight excluding hydrogens is 263 g/mol. The van der Waals surface area contributed by atoms with E-state index in [1.54, 1.807) is 13.8 Å². The van der Waals surface area contributed by atoms with Gasteiger partial charge < -0.3 is 11.1 Å². The predicted molar refractivity (Wildman–Crippen MR) is 70.6 cm³/mol. The van der Waals surface area contributed by atoms with Crippen LogP contribution in [0.5, 0.6) is 0 Å². The van der Waals surface area contributed by atoms with Gasteiger partial charge in [-0.3, -0.25) is 4.79 Å². The van der Waals surface area contributed by atoms with Crippen LogP contribution in [0, 0.1) is 11.2 Å². The molecule has 1 aromatic carbocycles. The lowest BCUT2D eigenvalue weighted by Crippen LogP contribution is -2.41. The van der Waals surface area contributed by atoms with Crippen molar-refractivity contribution in [3.05, 3.63) is 29.0 Å². The van der Waals surface area contributed by atoms with Crippen LogP contribution in [0.15, 0.2) is 18.2 Å². The van der Waals surface area contributed by atoms with Crippen LogP contribution < -0.4 is 11.1 Å². The van der Waals surface area contributed by atoms with Gasteiger partial charge in [0.05, 0.1) is 16.1 Å². The lowest BCUT2D eigenvalue weighted by atomic mass is 9.92. The molecule has 1 amide bonds. The van der Waals surface area contributed by atoms with Gasteiger partial charge in [0.25, 0.3) is 0 Å². The zero-order valence-corrected chi connectivity index (χ0v) is 11.0. The highest BCUT2D eigenvalue weighted by atomic mass is 35.5. The van der Waals surface area contributed by atoms with E-state index < -0.39 is 17.1 Å². The topological polar surface area (TPSA) is 55.1 Å². The third-order valence-electron chi connectivity index (χ3n) is 2.36. The number of rotatable bonds is 3. The number of hydrogen-bond donors (Lipinski definition) is 2. The van der Waals surface area contributed by atoms with E-state index in [0.717, 1.165) is 0 Å². The van der Waals surface area contributed by atoms with E-state index >= 15 is 0 Å². The molecule has 92 valence electrons. The average molecular weight is 275 g/mol. The molecule has 17 heavy (non-hydrogen) atoms. The van der Waals surface area contributed by atoms with E-state index in [1.165, 1.54) is 18.2 Å². The Bertz CT molecular complexity index is 477. The number of carbonyl (C=O) groups excluding carboxylic acids is 1. The maximum atomic E-state index is 13.4. The Hall–Kier alpha value is -1.20. The molecule has 0 unspecified atom stereocenters. The van der Waals surface area contributed by atoms with E-state index in [2.05, 4.69) is 5.32 Å². The number of carbonyl (C=O) groups is 1. The number of anilines is 1. The van der Waals surface area contributed by atoms with Gasteiger partial charge in [0.2, 0.25) is 5.91 Å². The standard InChI is InChI=1S/C11H12ClFN2OS/c1-11(2,9(14)17)10(16)15-8-5-6(12)3-4-7(8)13/h3-5H,1-2H3,(H2,14,17)(H,15,16). The van der Waals surface area contributed by atoms with Crippen molar-refractivity contribution >= 4 is 40.4 Å². The fraction of sp³-hybridized carbons (Fsp3) is 0.273. The Morgan fingerprint density at radius 2 is 2.12 bits per heavy atom. The third-order valence-corrected chi connectivity index (χ3v) is 3.11. The highest BCUT2D eigenvalue weighted by Gasteiger charge is 2.31. The van der Waals surface area contributed by atoms with Crippen molar-refractivity contribution in [3.63, 3.8) is 0 Å². The molecule has 1 rings (SSSR count). The molecule has 0 heterocycles. The average Bonchev–Trinajstić information content (AvgIpc) is 2.23. The summed E-state index contributed by atoms with van der Waals surface area (Å²) < 4.78 is 13.4. The Balaban J connectivity index is 2.96. The lowest BCUT2D eigenvalue weighted by molar-refractivity contribution is -0.121. The fourth-order valence-electron chi connectivity index (χ4n) is 0.984. The summed E-state index contributed by atoms with van der Waals surface area (Å²) in [6, 6.07) is 3.89. The van der Waals surface area contributed by atoms with Crippen LogP contribution in [-0.2, 0) is 4.79 Å². The molecule has 6 heteroatoms. The number of amides is 1. The Labute approximate surface area is 109 Å². The van der Waals surface area contributed by atoms with Crippen LogP contribution in [0.4, 0.5) is 10.1 Å². The van der Waals surface area contributed by atoms with Crippen molar-refractivity contribution in [1.29, 1.82) is 0 Å². The number of hydrogen-bond acceptors (Lipinski definition) is 2. The maximum absolute atomic E-state index is 13.4. The number of nitrogens with one attached hydrogen (secondary N) is 1. The molecule has 0 radical (unpaired) electrons. The first kappa shape index (κ1) is 13.9. The van der Waals surface area contributed by atoms with Crippen molar-refractivity contribution < 1.29 is 9.18 Å². The summed E-state index contributed by atoms with van der Waals surface area (Å²) in [5, 5.41) is 2.74. The molecular formula is C11H12ClFN2OS. The van der Waals surface area contributed by atoms with Gasteiger partial charge in [0, 0.05) is 5.02 Å². The molecule has 0 saturated carbocycles. The van der Waals surface area contributed by atoms with Gasteiger partial charge in [-0.05, 0) is 32.0 Å². The minimum absolute atomic E-state index is 0.00632. The molecule has 0 aliphatic rings. The molecule has 1 aromatic rings. The van der Waals surface area contributed by atoms with Crippen LogP contribution in [0.3, 0.4) is 0 Å². The SMILES string of the molecule is CC(C)(C(=O)Nc1cc(Cl)ccc1F)C(N)=S. The molecule has 0 aliphatic heterocycles. The van der Waals surface area contributed by atoms with Crippen LogP contribution in [0.2, 0.25) is 5.02 Å². The molecule has 3 N–H and O–H groups in total. The second kappa shape index (κ2) is 4.98. The maximum Gasteiger partial charge on any atom is 0.236 e. The molecule has 0 aliphatic carbocycles. The second-order valence-electron chi connectivity index (χ2n) is 4.07. The first-order valence-corrected chi connectivity index (χ1v) is 5.60. The van der Waals surface area contributed by atoms with Gasteiger partial charge in [-0.25, -0.2) is 4.39 Å². The summed E-state index contributed by atoms with van der Waals surface area (Å²) in [5.41, 5.74) is 4.40. The Kier molecular flexibility index (Phi) is 4.06. The minimum atomic E-state index is -1.05. The van der Waals surface area contributed by atoms with Crippen LogP contribution in [0.25, 0.3) is 0 Å². The van der Waals surface area contributed by atoms with E-state index in [0.29, 0.717) is 5.02 Å². The summed E-state index contributed by atoms with van der Waals surface area (Å²) in [6.45, 7) is 3.13. The summed E-state index contributed by atoms with van der Waals surface area (Å²) >= 11 is 10.5. The Morgan fingerprint density at radius 1 is 1.53 bits per heavy atom. The first-order valence-electron chi connectivity index (χ1n) is 4.81. The van der Waals surface area contributed by atoms with E-state index in [1.807, 2.05) is 0 Å². The molecule has 0 saturated heterocycles. The third kappa shape index (κ3) is 3.14. The van der Waals surface area contributed by atoms with Gasteiger partial charge in [-0.2, -0.15) is 0 Å². The molecule has 0 aromatic heterocycles. The zero-order valence-electron chi connectivity index (χ0n) is 9.38. The lowest BCUT2D eigenvalue weighted by Gasteiger charge is -2.22. The quantitative estimate of drug-likeness (QED) is 0.834. The van der Waals surface area contributed by atoms with Gasteiger partial charge in [0.1, 0.15) is 5.82 Å². The summed E-state index contributed by atoms with van der Waals surface area (Å²) in [6.07, 6.45) is 0. The van der Waals surface area contributed by atoms with Gasteiger partial charge in [-0.1, -0.05) is 23.8 Å². The predicted octanol–water partition coefficient (Wildman–Crippen LogP) is 2.73. The smallest absolute Gasteiger partial charge is 0.236 e. The van der Waals surface area contributed by atoms with Gasteiger partial charge in [0.15, 0.2) is 0 Å². The van der Waals surface area contributed by atoms with Crippen molar-refractivity contribution in [2.24, 2.45) is 11.1 Å². The molecule has 0 fully saturated rings. The number of nitrogens with two attached hydrogens (primary N) is 1. The largest absolute Gasteiger partial charge is 0.392 e. The van der Waals surface area contributed by atoms with Crippen LogP contribution >= 0.6 is 23.8 Å². The van der Waals surface area contributed by atoms with Crippen molar-refractivity contribution in [3.8, 4) is 0 Å². The molecule has 3 nitrogen and oxygen atoms in total. The van der Waals surface area contributed by atoms with Gasteiger partial charge in [-0.15, -0.1) is 0 Å². The van der Waals surface area contributed by atoms with Crippen molar-refractivity contribution in [1.82, 2.24) is 0 Å². The van der Waals surface area contributed by atoms with E-state index in [9.17, 15) is 9.18 Å². The summed E-state index contributed by atoms with van der Waals surface area (Å²) in [4.78, 5) is 11.9. The van der Waals surface area contributed by atoms with Crippen molar-refractivity contribution in [2.45, 2.75) is 13.8 Å². The first-order chi connectivity index (χ1) is 7.75. The Morgan fingerprint density at radius 3 is 2.65 bits per heavy atom.